The third kappa shape index (κ3) is 7.81. The number of nitrogens with zero attached hydrogens (tertiary/aromatic N) is 1. The number of hydrogen-bond acceptors (Lipinski definition) is 3. The van der Waals surface area contributed by atoms with Gasteiger partial charge in [-0.3, -0.25) is 9.59 Å². The molecule has 178 valence electrons. The molecule has 0 radical (unpaired) electrons. The van der Waals surface area contributed by atoms with Crippen LogP contribution in [0.5, 0.6) is 0 Å². The van der Waals surface area contributed by atoms with E-state index in [-0.39, 0.29) is 23.6 Å². The average Bonchev–Trinajstić information content (AvgIpc) is 3.29. The predicted octanol–water partition coefficient (Wildman–Crippen LogP) is 6.75. The van der Waals surface area contributed by atoms with Crippen LogP contribution in [-0.4, -0.2) is 34.6 Å². The van der Waals surface area contributed by atoms with E-state index in [1.54, 1.807) is 29.2 Å². The van der Waals surface area contributed by atoms with Crippen molar-refractivity contribution in [2.24, 2.45) is 0 Å². The van der Waals surface area contributed by atoms with Crippen LogP contribution in [0, 0.1) is 0 Å². The third-order valence-corrected chi connectivity index (χ3v) is 7.66. The highest BCUT2D eigenvalue weighted by Gasteiger charge is 2.30. The quantitative estimate of drug-likeness (QED) is 0.372. The first kappa shape index (κ1) is 26.2. The van der Waals surface area contributed by atoms with E-state index in [4.69, 9.17) is 34.8 Å². The van der Waals surface area contributed by atoms with Crippen LogP contribution >= 0.6 is 46.6 Å². The molecular weight excluding hydrogens is 499 g/mol. The summed E-state index contributed by atoms with van der Waals surface area (Å²) < 4.78 is 0. The molecule has 2 aromatic rings. The minimum absolute atomic E-state index is 0.0718. The summed E-state index contributed by atoms with van der Waals surface area (Å²) in [5.41, 5.74) is 1.86. The maximum atomic E-state index is 13.3. The largest absolute Gasteiger partial charge is 0.352 e. The summed E-state index contributed by atoms with van der Waals surface area (Å²) in [6.07, 6.45) is 4.83. The van der Waals surface area contributed by atoms with Crippen LogP contribution in [0.25, 0.3) is 0 Å². The lowest BCUT2D eigenvalue weighted by Crippen LogP contribution is -2.51. The monoisotopic (exact) mass is 526 g/mol. The molecule has 8 heteroatoms. The van der Waals surface area contributed by atoms with Gasteiger partial charge in [-0.1, -0.05) is 72.8 Å². The average molecular weight is 528 g/mol. The normalized spacial score (nSPS) is 14.8. The maximum Gasteiger partial charge on any atom is 0.243 e. The Hall–Kier alpha value is -1.40. The van der Waals surface area contributed by atoms with Crippen molar-refractivity contribution in [3.63, 3.8) is 0 Å². The lowest BCUT2D eigenvalue weighted by molar-refractivity contribution is -0.139. The summed E-state index contributed by atoms with van der Waals surface area (Å²) in [5, 5.41) is 4.97. The molecule has 0 aromatic heterocycles. The van der Waals surface area contributed by atoms with E-state index in [0.717, 1.165) is 36.8 Å². The van der Waals surface area contributed by atoms with Crippen LogP contribution in [0.3, 0.4) is 0 Å². The highest BCUT2D eigenvalue weighted by molar-refractivity contribution is 7.99. The van der Waals surface area contributed by atoms with Crippen LogP contribution in [0.15, 0.2) is 42.5 Å². The first-order chi connectivity index (χ1) is 15.9. The van der Waals surface area contributed by atoms with Gasteiger partial charge in [0, 0.05) is 33.4 Å². The second-order valence-electron chi connectivity index (χ2n) is 8.29. The second kappa shape index (κ2) is 12.9. The molecule has 2 aromatic carbocycles. The molecule has 33 heavy (non-hydrogen) atoms. The van der Waals surface area contributed by atoms with Crippen LogP contribution in [0.4, 0.5) is 0 Å². The van der Waals surface area contributed by atoms with E-state index in [1.165, 1.54) is 11.8 Å². The first-order valence-corrected chi connectivity index (χ1v) is 13.5. The fraction of sp³-hybridized carbons (Fsp3) is 0.440. The summed E-state index contributed by atoms with van der Waals surface area (Å²) in [6.45, 7) is 2.30. The Bertz CT molecular complexity index is 949. The van der Waals surface area contributed by atoms with E-state index in [1.807, 2.05) is 25.1 Å². The van der Waals surface area contributed by atoms with E-state index in [9.17, 15) is 9.59 Å². The third-order valence-electron chi connectivity index (χ3n) is 5.85. The summed E-state index contributed by atoms with van der Waals surface area (Å²) in [4.78, 5) is 28.2. The van der Waals surface area contributed by atoms with Crippen molar-refractivity contribution in [2.75, 3.05) is 5.75 Å². The Morgan fingerprint density at radius 2 is 1.73 bits per heavy atom. The molecule has 1 atom stereocenters. The van der Waals surface area contributed by atoms with Gasteiger partial charge in [0.05, 0.1) is 5.75 Å². The van der Waals surface area contributed by atoms with Crippen molar-refractivity contribution in [3.8, 4) is 0 Å². The van der Waals surface area contributed by atoms with Crippen molar-refractivity contribution in [1.82, 2.24) is 10.2 Å². The Kier molecular flexibility index (Phi) is 10.2. The van der Waals surface area contributed by atoms with Gasteiger partial charge in [-0.15, -0.1) is 11.8 Å². The topological polar surface area (TPSA) is 49.4 Å². The minimum atomic E-state index is -0.520. The number of thioether (sulfide) groups is 1. The van der Waals surface area contributed by atoms with Crippen LogP contribution in [0.1, 0.15) is 50.2 Å². The SMILES string of the molecule is CC[C@@H](C(=O)NC1CCCC1)N(Cc1ccc(Cl)cc1)C(=O)CSCc1ccc(Cl)cc1Cl. The van der Waals surface area contributed by atoms with Gasteiger partial charge in [-0.2, -0.15) is 0 Å². The van der Waals surface area contributed by atoms with E-state index in [0.29, 0.717) is 33.8 Å². The van der Waals surface area contributed by atoms with Crippen LogP contribution in [-0.2, 0) is 21.9 Å². The lowest BCUT2D eigenvalue weighted by atomic mass is 10.1. The smallest absolute Gasteiger partial charge is 0.243 e. The van der Waals surface area contributed by atoms with Crippen molar-refractivity contribution < 1.29 is 9.59 Å². The summed E-state index contributed by atoms with van der Waals surface area (Å²) in [7, 11) is 0. The molecule has 1 aliphatic rings. The number of rotatable bonds is 10. The molecule has 0 saturated heterocycles. The van der Waals surface area contributed by atoms with Gasteiger partial charge in [0.25, 0.3) is 0 Å². The predicted molar refractivity (Wildman–Crippen MR) is 139 cm³/mol. The van der Waals surface area contributed by atoms with Crippen molar-refractivity contribution >= 4 is 58.4 Å². The summed E-state index contributed by atoms with van der Waals surface area (Å²) in [5.74, 6) is 0.687. The fourth-order valence-electron chi connectivity index (χ4n) is 4.04. The first-order valence-electron chi connectivity index (χ1n) is 11.2. The maximum absolute atomic E-state index is 13.3. The molecule has 1 fully saturated rings. The van der Waals surface area contributed by atoms with Crippen molar-refractivity contribution in [1.29, 1.82) is 0 Å². The molecule has 0 unspecified atom stereocenters. The number of nitrogens with one attached hydrogen (secondary N) is 1. The van der Waals surface area contributed by atoms with Gasteiger partial charge in [-0.05, 0) is 54.7 Å². The molecular formula is C25H29Cl3N2O2S. The fourth-order valence-corrected chi connectivity index (χ4v) is 5.64. The number of halogens is 3. The highest BCUT2D eigenvalue weighted by Crippen LogP contribution is 2.26. The van der Waals surface area contributed by atoms with E-state index < -0.39 is 6.04 Å². The zero-order chi connectivity index (χ0) is 23.8. The van der Waals surface area contributed by atoms with Gasteiger partial charge < -0.3 is 10.2 Å². The lowest BCUT2D eigenvalue weighted by Gasteiger charge is -2.31. The molecule has 0 aliphatic heterocycles. The van der Waals surface area contributed by atoms with Crippen LogP contribution in [0.2, 0.25) is 15.1 Å². The minimum Gasteiger partial charge on any atom is -0.352 e. The highest BCUT2D eigenvalue weighted by atomic mass is 35.5. The number of amides is 2. The zero-order valence-electron chi connectivity index (χ0n) is 18.7. The molecule has 2 amide bonds. The van der Waals surface area contributed by atoms with Gasteiger partial charge in [0.2, 0.25) is 11.8 Å². The molecule has 1 aliphatic carbocycles. The number of carbonyl (C=O) groups is 2. The Morgan fingerprint density at radius 1 is 1.06 bits per heavy atom. The van der Waals surface area contributed by atoms with Crippen molar-refractivity contribution in [2.45, 2.75) is 63.4 Å². The molecule has 0 bridgehead atoms. The van der Waals surface area contributed by atoms with Crippen LogP contribution < -0.4 is 5.32 Å². The van der Waals surface area contributed by atoms with Crippen molar-refractivity contribution in [3.05, 3.63) is 68.7 Å². The molecule has 0 heterocycles. The molecule has 3 rings (SSSR count). The van der Waals surface area contributed by atoms with Gasteiger partial charge in [0.15, 0.2) is 0 Å². The Balaban J connectivity index is 1.70. The zero-order valence-corrected chi connectivity index (χ0v) is 21.7. The molecule has 1 saturated carbocycles. The van der Waals surface area contributed by atoms with E-state index in [2.05, 4.69) is 5.32 Å². The van der Waals surface area contributed by atoms with Gasteiger partial charge in [-0.25, -0.2) is 0 Å². The molecule has 1 N–H and O–H groups in total. The van der Waals surface area contributed by atoms with E-state index >= 15 is 0 Å². The van der Waals surface area contributed by atoms with Gasteiger partial charge >= 0.3 is 0 Å². The summed E-state index contributed by atoms with van der Waals surface area (Å²) >= 11 is 19.7. The Morgan fingerprint density at radius 3 is 2.36 bits per heavy atom. The van der Waals surface area contributed by atoms with Gasteiger partial charge in [0.1, 0.15) is 6.04 Å². The second-order valence-corrected chi connectivity index (χ2v) is 10.6. The Labute approximate surface area is 215 Å². The molecule has 4 nitrogen and oxygen atoms in total. The summed E-state index contributed by atoms with van der Waals surface area (Å²) in [6, 6.07) is 12.4. The molecule has 0 spiro atoms. The number of carbonyl (C=O) groups excluding carboxylic acids is 2. The standard InChI is InChI=1S/C25H29Cl3N2O2S/c1-2-23(25(32)29-21-5-3-4-6-21)30(14-17-7-10-19(26)11-8-17)24(31)16-33-15-18-9-12-20(27)13-22(18)28/h7-13,21,23H,2-6,14-16H2,1H3,(H,29,32)/t23-/m0/s1. The number of benzene rings is 2. The number of hydrogen-bond donors (Lipinski definition) is 1.